The molecule has 0 aliphatic carbocycles. The van der Waals surface area contributed by atoms with E-state index in [9.17, 15) is 9.59 Å². The van der Waals surface area contributed by atoms with Crippen molar-refractivity contribution in [3.05, 3.63) is 0 Å². The van der Waals surface area contributed by atoms with Gasteiger partial charge in [-0.25, -0.2) is 9.59 Å². The van der Waals surface area contributed by atoms with E-state index in [0.29, 0.717) is 6.61 Å². The van der Waals surface area contributed by atoms with Gasteiger partial charge in [-0.05, 0) is 20.8 Å². The number of rotatable bonds is 6. The molecule has 0 aliphatic heterocycles. The molecule has 0 aromatic rings. The van der Waals surface area contributed by atoms with E-state index in [-0.39, 0.29) is 13.2 Å². The van der Waals surface area contributed by atoms with Crippen molar-refractivity contribution in [3.63, 3.8) is 0 Å². The number of carbonyl (C=O) groups is 2. The Morgan fingerprint density at radius 2 is 1.79 bits per heavy atom. The third kappa shape index (κ3) is 5.53. The molecule has 0 aromatic carbocycles. The average molecular weight is 204 g/mol. The predicted molar refractivity (Wildman–Crippen MR) is 48.7 cm³/mol. The Labute approximate surface area is 83.3 Å². The first kappa shape index (κ1) is 12.9. The van der Waals surface area contributed by atoms with Crippen molar-refractivity contribution in [3.8, 4) is 0 Å². The van der Waals surface area contributed by atoms with Gasteiger partial charge in [0.15, 0.2) is 12.7 Å². The number of hydrogen-bond acceptors (Lipinski definition) is 5. The fraction of sp³-hybridized carbons (Fsp3) is 0.778. The summed E-state index contributed by atoms with van der Waals surface area (Å²) in [6.07, 6.45) is -0.644. The molecule has 0 N–H and O–H groups in total. The summed E-state index contributed by atoms with van der Waals surface area (Å²) in [5.41, 5.74) is 0. The topological polar surface area (TPSA) is 61.8 Å². The molecule has 0 aromatic heterocycles. The first-order valence-corrected chi connectivity index (χ1v) is 4.55. The maximum atomic E-state index is 11.1. The molecule has 14 heavy (non-hydrogen) atoms. The van der Waals surface area contributed by atoms with Gasteiger partial charge in [0.2, 0.25) is 0 Å². The molecule has 0 heterocycles. The maximum Gasteiger partial charge on any atom is 0.344 e. The van der Waals surface area contributed by atoms with Gasteiger partial charge in [0.25, 0.3) is 0 Å². The predicted octanol–water partition coefficient (Wildman–Crippen LogP) is 0.518. The summed E-state index contributed by atoms with van der Waals surface area (Å²) in [5.74, 6) is -1.11. The zero-order chi connectivity index (χ0) is 11.0. The maximum absolute atomic E-state index is 11.1. The van der Waals surface area contributed by atoms with Gasteiger partial charge in [-0.15, -0.1) is 0 Å². The Morgan fingerprint density at radius 3 is 2.29 bits per heavy atom. The molecule has 82 valence electrons. The summed E-state index contributed by atoms with van der Waals surface area (Å²) < 4.78 is 14.2. The van der Waals surface area contributed by atoms with Crippen molar-refractivity contribution in [2.45, 2.75) is 26.9 Å². The van der Waals surface area contributed by atoms with E-state index < -0.39 is 18.0 Å². The minimum Gasteiger partial charge on any atom is -0.463 e. The lowest BCUT2D eigenvalue weighted by atomic mass is 10.4. The van der Waals surface area contributed by atoms with Crippen molar-refractivity contribution >= 4 is 11.9 Å². The number of ether oxygens (including phenoxy) is 3. The van der Waals surface area contributed by atoms with Crippen LogP contribution in [0.1, 0.15) is 20.8 Å². The summed E-state index contributed by atoms with van der Waals surface area (Å²) in [5, 5.41) is 0. The van der Waals surface area contributed by atoms with Crippen LogP contribution in [0.2, 0.25) is 0 Å². The molecule has 0 saturated carbocycles. The van der Waals surface area contributed by atoms with Gasteiger partial charge in [0.05, 0.1) is 6.61 Å². The summed E-state index contributed by atoms with van der Waals surface area (Å²) in [6, 6.07) is 0. The first-order chi connectivity index (χ1) is 6.61. The second-order valence-corrected chi connectivity index (χ2v) is 2.51. The molecule has 0 spiro atoms. The summed E-state index contributed by atoms with van der Waals surface area (Å²) in [6.45, 7) is 5.37. The lowest BCUT2D eigenvalue weighted by Crippen LogP contribution is -2.26. The Balaban J connectivity index is 3.67. The van der Waals surface area contributed by atoms with Crippen LogP contribution in [-0.4, -0.2) is 37.9 Å². The van der Waals surface area contributed by atoms with E-state index in [0.717, 1.165) is 0 Å². The first-order valence-electron chi connectivity index (χ1n) is 4.55. The highest BCUT2D eigenvalue weighted by molar-refractivity contribution is 5.78. The molecule has 0 amide bonds. The van der Waals surface area contributed by atoms with Gasteiger partial charge in [-0.2, -0.15) is 0 Å². The van der Waals surface area contributed by atoms with E-state index in [2.05, 4.69) is 9.47 Å². The van der Waals surface area contributed by atoms with Crippen LogP contribution in [0.3, 0.4) is 0 Å². The van der Waals surface area contributed by atoms with Crippen LogP contribution in [0.15, 0.2) is 0 Å². The second-order valence-electron chi connectivity index (χ2n) is 2.51. The smallest absolute Gasteiger partial charge is 0.344 e. The summed E-state index contributed by atoms with van der Waals surface area (Å²) in [7, 11) is 0. The van der Waals surface area contributed by atoms with E-state index >= 15 is 0 Å². The minimum absolute atomic E-state index is 0.275. The monoisotopic (exact) mass is 204 g/mol. The molecule has 0 rings (SSSR count). The molecule has 0 bridgehead atoms. The van der Waals surface area contributed by atoms with Crippen LogP contribution in [0, 0.1) is 0 Å². The van der Waals surface area contributed by atoms with Crippen LogP contribution < -0.4 is 0 Å². The van der Waals surface area contributed by atoms with Gasteiger partial charge in [0.1, 0.15) is 0 Å². The van der Waals surface area contributed by atoms with Crippen molar-refractivity contribution in [1.29, 1.82) is 0 Å². The second kappa shape index (κ2) is 7.32. The highest BCUT2D eigenvalue weighted by Crippen LogP contribution is 1.94. The number of esters is 2. The molecule has 5 nitrogen and oxygen atoms in total. The minimum atomic E-state index is -0.644. The zero-order valence-electron chi connectivity index (χ0n) is 8.74. The standard InChI is InChI=1S/C9H16O5/c1-4-12-7(3)9(11)14-6-8(10)13-5-2/h7H,4-6H2,1-3H3. The van der Waals surface area contributed by atoms with Crippen LogP contribution in [-0.2, 0) is 23.8 Å². The third-order valence-corrected chi connectivity index (χ3v) is 1.39. The van der Waals surface area contributed by atoms with Crippen molar-refractivity contribution in [2.24, 2.45) is 0 Å². The molecule has 0 aliphatic rings. The summed E-state index contributed by atoms with van der Waals surface area (Å²) in [4.78, 5) is 21.9. The Kier molecular flexibility index (Phi) is 6.74. The molecule has 0 radical (unpaired) electrons. The SMILES string of the molecule is CCOC(=O)COC(=O)C(C)OCC. The number of hydrogen-bond donors (Lipinski definition) is 0. The highest BCUT2D eigenvalue weighted by Gasteiger charge is 2.15. The van der Waals surface area contributed by atoms with Crippen LogP contribution in [0.25, 0.3) is 0 Å². The summed E-state index contributed by atoms with van der Waals surface area (Å²) >= 11 is 0. The molecule has 0 fully saturated rings. The lowest BCUT2D eigenvalue weighted by Gasteiger charge is -2.10. The Hall–Kier alpha value is -1.10. The molecule has 1 unspecified atom stereocenters. The molecule has 5 heteroatoms. The lowest BCUT2D eigenvalue weighted by molar-refractivity contribution is -0.165. The third-order valence-electron chi connectivity index (χ3n) is 1.39. The van der Waals surface area contributed by atoms with Gasteiger partial charge in [-0.1, -0.05) is 0 Å². The van der Waals surface area contributed by atoms with Gasteiger partial charge in [-0.3, -0.25) is 0 Å². The van der Waals surface area contributed by atoms with Crippen LogP contribution in [0.4, 0.5) is 0 Å². The van der Waals surface area contributed by atoms with Gasteiger partial charge >= 0.3 is 11.9 Å². The normalized spacial score (nSPS) is 11.9. The van der Waals surface area contributed by atoms with Crippen molar-refractivity contribution in [1.82, 2.24) is 0 Å². The van der Waals surface area contributed by atoms with Gasteiger partial charge in [0, 0.05) is 6.61 Å². The van der Waals surface area contributed by atoms with Crippen LogP contribution in [0.5, 0.6) is 0 Å². The molecular formula is C9H16O5. The fourth-order valence-electron chi connectivity index (χ4n) is 0.768. The zero-order valence-corrected chi connectivity index (χ0v) is 8.74. The van der Waals surface area contributed by atoms with E-state index in [1.807, 2.05) is 0 Å². The quantitative estimate of drug-likeness (QED) is 0.590. The average Bonchev–Trinajstić information content (AvgIpc) is 2.15. The van der Waals surface area contributed by atoms with Crippen LogP contribution >= 0.6 is 0 Å². The van der Waals surface area contributed by atoms with Gasteiger partial charge < -0.3 is 14.2 Å². The van der Waals surface area contributed by atoms with Crippen molar-refractivity contribution in [2.75, 3.05) is 19.8 Å². The van der Waals surface area contributed by atoms with E-state index in [1.165, 1.54) is 0 Å². The Bertz CT molecular complexity index is 190. The van der Waals surface area contributed by atoms with E-state index in [4.69, 9.17) is 4.74 Å². The van der Waals surface area contributed by atoms with E-state index in [1.54, 1.807) is 20.8 Å². The molecule has 0 saturated heterocycles. The molecule has 1 atom stereocenters. The fourth-order valence-corrected chi connectivity index (χ4v) is 0.768. The van der Waals surface area contributed by atoms with Crippen molar-refractivity contribution < 1.29 is 23.8 Å². The Morgan fingerprint density at radius 1 is 1.14 bits per heavy atom. The number of carbonyl (C=O) groups excluding carboxylic acids is 2. The largest absolute Gasteiger partial charge is 0.463 e. The highest BCUT2D eigenvalue weighted by atomic mass is 16.6. The molecular weight excluding hydrogens is 188 g/mol.